The van der Waals surface area contributed by atoms with Crippen molar-refractivity contribution < 1.29 is 19.4 Å². The van der Waals surface area contributed by atoms with Crippen molar-refractivity contribution in [2.24, 2.45) is 5.92 Å². The quantitative estimate of drug-likeness (QED) is 0.900. The van der Waals surface area contributed by atoms with Crippen LogP contribution in [0, 0.1) is 12.8 Å². The molecule has 2 aromatic rings. The number of fused-ring (bicyclic) bond motifs is 1. The molecular weight excluding hydrogens is 308 g/mol. The number of carboxylic acids is 1. The standard InChI is InChI=1S/C18H20N2O4/c1-10-15(8-11-4-6-14(24-2)9-16(11)19-10)17(21)20-13-5-3-12(7-13)18(22)23/h4,6,8-9,12-13H,3,5,7H2,1-2H3,(H,20,21)(H,22,23)/t12-,13+/m1/s1. The topological polar surface area (TPSA) is 88.5 Å². The minimum absolute atomic E-state index is 0.0930. The summed E-state index contributed by atoms with van der Waals surface area (Å²) in [5.74, 6) is -0.631. The summed E-state index contributed by atoms with van der Waals surface area (Å²) in [5.41, 5.74) is 1.93. The fourth-order valence-corrected chi connectivity index (χ4v) is 3.20. The van der Waals surface area contributed by atoms with E-state index in [1.54, 1.807) is 14.0 Å². The lowest BCUT2D eigenvalue weighted by atomic mass is 10.1. The first-order chi connectivity index (χ1) is 11.5. The van der Waals surface area contributed by atoms with Crippen molar-refractivity contribution in [3.8, 4) is 5.75 Å². The second-order valence-electron chi connectivity index (χ2n) is 6.20. The van der Waals surface area contributed by atoms with Crippen LogP contribution in [0.2, 0.25) is 0 Å². The molecule has 6 nitrogen and oxygen atoms in total. The maximum absolute atomic E-state index is 12.5. The highest BCUT2D eigenvalue weighted by Gasteiger charge is 2.31. The summed E-state index contributed by atoms with van der Waals surface area (Å²) < 4.78 is 5.19. The number of carbonyl (C=O) groups is 2. The Hall–Kier alpha value is -2.63. The molecule has 1 saturated carbocycles. The molecule has 1 amide bonds. The number of aromatic nitrogens is 1. The van der Waals surface area contributed by atoms with Crippen LogP contribution in [0.25, 0.3) is 10.9 Å². The number of benzene rings is 1. The zero-order chi connectivity index (χ0) is 17.3. The van der Waals surface area contributed by atoms with Gasteiger partial charge in [-0.1, -0.05) is 0 Å². The number of ether oxygens (including phenoxy) is 1. The molecule has 1 aromatic heterocycles. The Bertz CT molecular complexity index is 803. The molecule has 0 saturated heterocycles. The number of pyridine rings is 1. The van der Waals surface area contributed by atoms with Crippen LogP contribution in [0.15, 0.2) is 24.3 Å². The van der Waals surface area contributed by atoms with E-state index in [4.69, 9.17) is 9.84 Å². The van der Waals surface area contributed by atoms with Gasteiger partial charge in [0.15, 0.2) is 0 Å². The molecule has 0 aliphatic heterocycles. The number of nitrogens with one attached hydrogen (secondary N) is 1. The van der Waals surface area contributed by atoms with Crippen LogP contribution in [-0.4, -0.2) is 35.1 Å². The molecule has 0 radical (unpaired) electrons. The Kier molecular flexibility index (Phi) is 4.38. The van der Waals surface area contributed by atoms with Gasteiger partial charge in [-0.2, -0.15) is 0 Å². The van der Waals surface area contributed by atoms with Crippen molar-refractivity contribution >= 4 is 22.8 Å². The van der Waals surface area contributed by atoms with Gasteiger partial charge in [0.2, 0.25) is 0 Å². The van der Waals surface area contributed by atoms with E-state index in [9.17, 15) is 9.59 Å². The Morgan fingerprint density at radius 3 is 2.75 bits per heavy atom. The molecule has 0 spiro atoms. The number of methoxy groups -OCH3 is 1. The van der Waals surface area contributed by atoms with Gasteiger partial charge >= 0.3 is 5.97 Å². The third-order valence-corrected chi connectivity index (χ3v) is 4.58. The fraction of sp³-hybridized carbons (Fsp3) is 0.389. The number of aliphatic carboxylic acids is 1. The van der Waals surface area contributed by atoms with E-state index in [1.807, 2.05) is 24.3 Å². The van der Waals surface area contributed by atoms with E-state index >= 15 is 0 Å². The Balaban J connectivity index is 1.80. The highest BCUT2D eigenvalue weighted by atomic mass is 16.5. The number of amides is 1. The molecule has 1 fully saturated rings. The summed E-state index contributed by atoms with van der Waals surface area (Å²) in [6, 6.07) is 7.25. The molecule has 2 atom stereocenters. The molecule has 1 aliphatic carbocycles. The van der Waals surface area contributed by atoms with Crippen molar-refractivity contribution in [3.05, 3.63) is 35.5 Å². The second-order valence-corrected chi connectivity index (χ2v) is 6.20. The Morgan fingerprint density at radius 1 is 1.29 bits per heavy atom. The number of carboxylic acid groups (broad SMARTS) is 1. The first-order valence-electron chi connectivity index (χ1n) is 7.97. The number of rotatable bonds is 4. The van der Waals surface area contributed by atoms with E-state index < -0.39 is 5.97 Å². The van der Waals surface area contributed by atoms with Crippen LogP contribution < -0.4 is 10.1 Å². The number of hydrogen-bond acceptors (Lipinski definition) is 4. The highest BCUT2D eigenvalue weighted by Crippen LogP contribution is 2.26. The van der Waals surface area contributed by atoms with Crippen LogP contribution in [0.3, 0.4) is 0 Å². The number of carbonyl (C=O) groups excluding carboxylic acids is 1. The Morgan fingerprint density at radius 2 is 2.08 bits per heavy atom. The van der Waals surface area contributed by atoms with E-state index in [1.165, 1.54) is 0 Å². The summed E-state index contributed by atoms with van der Waals surface area (Å²) in [6.45, 7) is 1.79. The van der Waals surface area contributed by atoms with Crippen LogP contribution in [-0.2, 0) is 4.79 Å². The van der Waals surface area contributed by atoms with Crippen molar-refractivity contribution in [1.82, 2.24) is 10.3 Å². The average molecular weight is 328 g/mol. The van der Waals surface area contributed by atoms with Gasteiger partial charge in [-0.15, -0.1) is 0 Å². The molecule has 2 N–H and O–H groups in total. The zero-order valence-electron chi connectivity index (χ0n) is 13.7. The third kappa shape index (κ3) is 3.18. The van der Waals surface area contributed by atoms with Crippen LogP contribution in [0.1, 0.15) is 35.3 Å². The van der Waals surface area contributed by atoms with Gasteiger partial charge in [0.05, 0.1) is 29.8 Å². The van der Waals surface area contributed by atoms with Gasteiger partial charge in [0.1, 0.15) is 5.75 Å². The molecule has 0 unspecified atom stereocenters. The van der Waals surface area contributed by atoms with Gasteiger partial charge in [-0.25, -0.2) is 0 Å². The molecule has 0 bridgehead atoms. The largest absolute Gasteiger partial charge is 0.497 e. The zero-order valence-corrected chi connectivity index (χ0v) is 13.7. The summed E-state index contributed by atoms with van der Waals surface area (Å²) in [5, 5.41) is 12.9. The van der Waals surface area contributed by atoms with Gasteiger partial charge in [0.25, 0.3) is 5.91 Å². The smallest absolute Gasteiger partial charge is 0.306 e. The van der Waals surface area contributed by atoms with Crippen LogP contribution in [0.4, 0.5) is 0 Å². The van der Waals surface area contributed by atoms with Gasteiger partial charge in [-0.3, -0.25) is 14.6 Å². The van der Waals surface area contributed by atoms with Gasteiger partial charge in [0, 0.05) is 17.5 Å². The monoisotopic (exact) mass is 328 g/mol. The summed E-state index contributed by atoms with van der Waals surface area (Å²) in [7, 11) is 1.60. The molecule has 24 heavy (non-hydrogen) atoms. The van der Waals surface area contributed by atoms with Crippen molar-refractivity contribution in [3.63, 3.8) is 0 Å². The summed E-state index contributed by atoms with van der Waals surface area (Å²) in [6.07, 6.45) is 1.79. The van der Waals surface area contributed by atoms with Gasteiger partial charge in [-0.05, 0) is 44.4 Å². The van der Waals surface area contributed by atoms with Crippen molar-refractivity contribution in [2.45, 2.75) is 32.2 Å². The molecule has 1 aromatic carbocycles. The van der Waals surface area contributed by atoms with Crippen molar-refractivity contribution in [2.75, 3.05) is 7.11 Å². The number of hydrogen-bond donors (Lipinski definition) is 2. The molecular formula is C18H20N2O4. The summed E-state index contributed by atoms with van der Waals surface area (Å²) >= 11 is 0. The maximum atomic E-state index is 12.5. The normalized spacial score (nSPS) is 20.1. The average Bonchev–Trinajstić information content (AvgIpc) is 3.02. The van der Waals surface area contributed by atoms with Gasteiger partial charge < -0.3 is 15.2 Å². The summed E-state index contributed by atoms with van der Waals surface area (Å²) in [4.78, 5) is 28.1. The number of nitrogens with zero attached hydrogens (tertiary/aromatic N) is 1. The maximum Gasteiger partial charge on any atom is 0.306 e. The van der Waals surface area contributed by atoms with E-state index in [2.05, 4.69) is 10.3 Å². The Labute approximate surface area is 139 Å². The highest BCUT2D eigenvalue weighted by molar-refractivity contribution is 5.99. The SMILES string of the molecule is COc1ccc2cc(C(=O)N[C@H]3CC[C@@H](C(=O)O)C3)c(C)nc2c1. The molecule has 126 valence electrons. The number of aryl methyl sites for hydroxylation is 1. The predicted octanol–water partition coefficient (Wildman–Crippen LogP) is 2.53. The minimum atomic E-state index is -0.788. The first kappa shape index (κ1) is 16.2. The van der Waals surface area contributed by atoms with E-state index in [0.717, 1.165) is 16.7 Å². The fourth-order valence-electron chi connectivity index (χ4n) is 3.20. The molecule has 3 rings (SSSR count). The third-order valence-electron chi connectivity index (χ3n) is 4.58. The van der Waals surface area contributed by atoms with E-state index in [-0.39, 0.29) is 17.9 Å². The minimum Gasteiger partial charge on any atom is -0.497 e. The van der Waals surface area contributed by atoms with E-state index in [0.29, 0.717) is 30.5 Å². The molecule has 1 heterocycles. The van der Waals surface area contributed by atoms with Crippen molar-refractivity contribution in [1.29, 1.82) is 0 Å². The molecule has 1 aliphatic rings. The van der Waals surface area contributed by atoms with Crippen LogP contribution in [0.5, 0.6) is 5.75 Å². The predicted molar refractivity (Wildman–Crippen MR) is 89.3 cm³/mol. The lowest BCUT2D eigenvalue weighted by molar-refractivity contribution is -0.141. The van der Waals surface area contributed by atoms with Crippen LogP contribution >= 0.6 is 0 Å². The molecule has 6 heteroatoms. The second kappa shape index (κ2) is 6.47. The lowest BCUT2D eigenvalue weighted by Gasteiger charge is -2.14. The lowest BCUT2D eigenvalue weighted by Crippen LogP contribution is -2.33. The first-order valence-corrected chi connectivity index (χ1v) is 7.97.